The van der Waals surface area contributed by atoms with E-state index in [0.717, 1.165) is 6.42 Å². The second-order valence-corrected chi connectivity index (χ2v) is 3.79. The van der Waals surface area contributed by atoms with Gasteiger partial charge in [-0.05, 0) is 43.4 Å². The molecule has 2 N–H and O–H groups in total. The number of nitrogens with two attached hydrogens (primary N) is 1. The van der Waals surface area contributed by atoms with Crippen LogP contribution in [0.25, 0.3) is 0 Å². The van der Waals surface area contributed by atoms with Crippen LogP contribution in [0.4, 0.5) is 0 Å². The second-order valence-electron chi connectivity index (χ2n) is 3.79. The Balaban J connectivity index is 0.000000845. The summed E-state index contributed by atoms with van der Waals surface area (Å²) in [5.74, 6) is 0. The molecule has 0 saturated carbocycles. The van der Waals surface area contributed by atoms with E-state index in [1.165, 1.54) is 28.7 Å². The number of hydrogen-bond donors (Lipinski definition) is 1. The topological polar surface area (TPSA) is 26.0 Å². The van der Waals surface area contributed by atoms with Gasteiger partial charge < -0.3 is 5.73 Å². The van der Waals surface area contributed by atoms with E-state index in [-0.39, 0.29) is 12.4 Å². The van der Waals surface area contributed by atoms with Crippen molar-refractivity contribution >= 4 is 12.4 Å². The third kappa shape index (κ3) is 1.72. The van der Waals surface area contributed by atoms with Gasteiger partial charge in [0.25, 0.3) is 0 Å². The average molecular weight is 198 g/mol. The summed E-state index contributed by atoms with van der Waals surface area (Å²) in [6, 6.07) is 4.77. The maximum absolute atomic E-state index is 5.98. The van der Waals surface area contributed by atoms with Crippen LogP contribution in [-0.2, 0) is 6.42 Å². The van der Waals surface area contributed by atoms with Crippen molar-refractivity contribution in [2.24, 2.45) is 5.73 Å². The quantitative estimate of drug-likeness (QED) is 0.680. The number of hydrogen-bond acceptors (Lipinski definition) is 1. The van der Waals surface area contributed by atoms with Gasteiger partial charge in [-0.1, -0.05) is 17.7 Å². The van der Waals surface area contributed by atoms with Gasteiger partial charge in [0.05, 0.1) is 0 Å². The van der Waals surface area contributed by atoms with Crippen LogP contribution in [0.1, 0.15) is 34.7 Å². The van der Waals surface area contributed by atoms with Crippen molar-refractivity contribution < 1.29 is 0 Å². The summed E-state index contributed by atoms with van der Waals surface area (Å²) >= 11 is 0. The predicted molar refractivity (Wildman–Crippen MR) is 58.4 cm³/mol. The fourth-order valence-electron chi connectivity index (χ4n) is 2.16. The highest BCUT2D eigenvalue weighted by molar-refractivity contribution is 5.85. The zero-order valence-electron chi connectivity index (χ0n) is 8.13. The molecular weight excluding hydrogens is 182 g/mol. The van der Waals surface area contributed by atoms with Crippen molar-refractivity contribution in [2.45, 2.75) is 32.7 Å². The predicted octanol–water partition coefficient (Wildman–Crippen LogP) is 2.67. The minimum Gasteiger partial charge on any atom is -0.324 e. The van der Waals surface area contributed by atoms with Gasteiger partial charge in [0.15, 0.2) is 0 Å². The van der Waals surface area contributed by atoms with Crippen molar-refractivity contribution in [2.75, 3.05) is 0 Å². The number of fused-ring (bicyclic) bond motifs is 1. The Morgan fingerprint density at radius 2 is 2.00 bits per heavy atom. The van der Waals surface area contributed by atoms with Gasteiger partial charge in [-0.3, -0.25) is 0 Å². The Labute approximate surface area is 85.7 Å². The lowest BCUT2D eigenvalue weighted by atomic mass is 10.0. The lowest BCUT2D eigenvalue weighted by molar-refractivity contribution is 0.713. The SMILES string of the molecule is Cc1cc(C)c2c(c1)C(N)CC2.Cl. The molecule has 2 heteroatoms. The zero-order chi connectivity index (χ0) is 8.72. The molecule has 0 fully saturated rings. The molecule has 0 aromatic heterocycles. The van der Waals surface area contributed by atoms with Crippen LogP contribution in [0.3, 0.4) is 0 Å². The third-order valence-corrected chi connectivity index (χ3v) is 2.76. The van der Waals surface area contributed by atoms with Crippen molar-refractivity contribution in [3.05, 3.63) is 34.4 Å². The fraction of sp³-hybridized carbons (Fsp3) is 0.455. The first-order valence-electron chi connectivity index (χ1n) is 4.54. The third-order valence-electron chi connectivity index (χ3n) is 2.76. The van der Waals surface area contributed by atoms with Gasteiger partial charge in [-0.2, -0.15) is 0 Å². The Hall–Kier alpha value is -0.530. The number of aryl methyl sites for hydroxylation is 2. The highest BCUT2D eigenvalue weighted by Crippen LogP contribution is 2.32. The van der Waals surface area contributed by atoms with Crippen molar-refractivity contribution in [3.63, 3.8) is 0 Å². The molecule has 2 rings (SSSR count). The van der Waals surface area contributed by atoms with E-state index in [0.29, 0.717) is 6.04 Å². The van der Waals surface area contributed by atoms with Crippen LogP contribution < -0.4 is 5.73 Å². The molecular formula is C11H16ClN. The minimum atomic E-state index is 0. The lowest BCUT2D eigenvalue weighted by Gasteiger charge is -2.08. The summed E-state index contributed by atoms with van der Waals surface area (Å²) in [4.78, 5) is 0. The van der Waals surface area contributed by atoms with E-state index in [1.54, 1.807) is 0 Å². The Kier molecular flexibility index (Phi) is 2.99. The maximum atomic E-state index is 5.98. The van der Waals surface area contributed by atoms with E-state index in [1.807, 2.05) is 0 Å². The Morgan fingerprint density at radius 3 is 2.69 bits per heavy atom. The van der Waals surface area contributed by atoms with E-state index >= 15 is 0 Å². The van der Waals surface area contributed by atoms with Gasteiger partial charge in [0, 0.05) is 6.04 Å². The minimum absolute atomic E-state index is 0. The van der Waals surface area contributed by atoms with Crippen LogP contribution in [0.2, 0.25) is 0 Å². The zero-order valence-corrected chi connectivity index (χ0v) is 8.95. The second kappa shape index (κ2) is 3.69. The Morgan fingerprint density at radius 1 is 1.31 bits per heavy atom. The summed E-state index contributed by atoms with van der Waals surface area (Å²) in [6.07, 6.45) is 2.29. The van der Waals surface area contributed by atoms with Crippen LogP contribution in [0.15, 0.2) is 12.1 Å². The normalized spacial score (nSPS) is 19.5. The molecule has 72 valence electrons. The smallest absolute Gasteiger partial charge is 0.0300 e. The molecule has 1 unspecified atom stereocenters. The maximum Gasteiger partial charge on any atom is 0.0300 e. The molecule has 1 aromatic rings. The summed E-state index contributed by atoms with van der Waals surface area (Å²) in [5.41, 5.74) is 11.6. The first-order chi connectivity index (χ1) is 5.68. The largest absolute Gasteiger partial charge is 0.324 e. The van der Waals surface area contributed by atoms with Gasteiger partial charge in [-0.25, -0.2) is 0 Å². The van der Waals surface area contributed by atoms with Crippen LogP contribution >= 0.6 is 12.4 Å². The summed E-state index contributed by atoms with van der Waals surface area (Å²) in [5, 5.41) is 0. The van der Waals surface area contributed by atoms with E-state index in [4.69, 9.17) is 5.73 Å². The molecule has 0 amide bonds. The van der Waals surface area contributed by atoms with Gasteiger partial charge >= 0.3 is 0 Å². The number of rotatable bonds is 0. The lowest BCUT2D eigenvalue weighted by Crippen LogP contribution is -2.05. The van der Waals surface area contributed by atoms with Crippen molar-refractivity contribution in [1.82, 2.24) is 0 Å². The molecule has 1 aromatic carbocycles. The molecule has 1 aliphatic carbocycles. The number of benzene rings is 1. The van der Waals surface area contributed by atoms with Gasteiger partial charge in [0.2, 0.25) is 0 Å². The van der Waals surface area contributed by atoms with Gasteiger partial charge in [0.1, 0.15) is 0 Å². The van der Waals surface area contributed by atoms with Crippen LogP contribution in [0.5, 0.6) is 0 Å². The van der Waals surface area contributed by atoms with Crippen molar-refractivity contribution in [1.29, 1.82) is 0 Å². The first-order valence-corrected chi connectivity index (χ1v) is 4.54. The standard InChI is InChI=1S/C11H15N.ClH/c1-7-5-8(2)9-3-4-11(12)10(9)6-7;/h5-6,11H,3-4,12H2,1-2H3;1H. The molecule has 1 aliphatic rings. The average Bonchev–Trinajstić information content (AvgIpc) is 2.33. The van der Waals surface area contributed by atoms with Crippen LogP contribution in [0, 0.1) is 13.8 Å². The molecule has 0 radical (unpaired) electrons. The van der Waals surface area contributed by atoms with Crippen molar-refractivity contribution in [3.8, 4) is 0 Å². The van der Waals surface area contributed by atoms with E-state index in [9.17, 15) is 0 Å². The molecule has 1 nitrogen and oxygen atoms in total. The monoisotopic (exact) mass is 197 g/mol. The molecule has 0 aliphatic heterocycles. The summed E-state index contributed by atoms with van der Waals surface area (Å²) in [7, 11) is 0. The van der Waals surface area contributed by atoms with E-state index < -0.39 is 0 Å². The molecule has 13 heavy (non-hydrogen) atoms. The molecule has 0 bridgehead atoms. The molecule has 0 spiro atoms. The van der Waals surface area contributed by atoms with E-state index in [2.05, 4.69) is 26.0 Å². The highest BCUT2D eigenvalue weighted by Gasteiger charge is 2.20. The van der Waals surface area contributed by atoms with Crippen LogP contribution in [-0.4, -0.2) is 0 Å². The highest BCUT2D eigenvalue weighted by atomic mass is 35.5. The van der Waals surface area contributed by atoms with Gasteiger partial charge in [-0.15, -0.1) is 12.4 Å². The Bertz CT molecular complexity index is 320. The number of halogens is 1. The first kappa shape index (κ1) is 10.6. The fourth-order valence-corrected chi connectivity index (χ4v) is 2.16. The summed E-state index contributed by atoms with van der Waals surface area (Å²) in [6.45, 7) is 4.32. The summed E-state index contributed by atoms with van der Waals surface area (Å²) < 4.78 is 0. The molecule has 0 saturated heterocycles. The molecule has 0 heterocycles. The molecule has 1 atom stereocenters.